The number of ether oxygens (including phenoxy) is 1. The van der Waals surface area contributed by atoms with Crippen molar-refractivity contribution in [2.75, 3.05) is 26.2 Å². The molecule has 1 heterocycles. The van der Waals surface area contributed by atoms with Gasteiger partial charge >= 0.3 is 0 Å². The number of hydrogen-bond acceptors (Lipinski definition) is 4. The van der Waals surface area contributed by atoms with Gasteiger partial charge in [-0.25, -0.2) is 0 Å². The average molecular weight is 203 g/mol. The number of aliphatic hydroxyl groups is 2. The second-order valence-corrected chi connectivity index (χ2v) is 4.24. The molecule has 14 heavy (non-hydrogen) atoms. The molecule has 0 aromatic rings. The quantitative estimate of drug-likeness (QED) is 0.652. The molecule has 2 atom stereocenters. The van der Waals surface area contributed by atoms with Crippen molar-refractivity contribution in [2.24, 2.45) is 0 Å². The molecule has 2 N–H and O–H groups in total. The first-order valence-corrected chi connectivity index (χ1v) is 5.28. The minimum Gasteiger partial charge on any atom is -0.392 e. The van der Waals surface area contributed by atoms with Crippen molar-refractivity contribution in [3.8, 4) is 0 Å². The second kappa shape index (κ2) is 5.66. The maximum absolute atomic E-state index is 9.60. The van der Waals surface area contributed by atoms with E-state index < -0.39 is 6.10 Å². The maximum Gasteiger partial charge on any atom is 0.0900 e. The number of hydrogen-bond donors (Lipinski definition) is 2. The van der Waals surface area contributed by atoms with Crippen LogP contribution in [0.1, 0.15) is 20.3 Å². The van der Waals surface area contributed by atoms with Gasteiger partial charge in [0.2, 0.25) is 0 Å². The van der Waals surface area contributed by atoms with Gasteiger partial charge in [-0.3, -0.25) is 4.90 Å². The topological polar surface area (TPSA) is 52.9 Å². The van der Waals surface area contributed by atoms with E-state index in [-0.39, 0.29) is 12.2 Å². The summed E-state index contributed by atoms with van der Waals surface area (Å²) in [6, 6.07) is 0. The van der Waals surface area contributed by atoms with Crippen molar-refractivity contribution in [1.82, 2.24) is 4.90 Å². The highest BCUT2D eigenvalue weighted by Gasteiger charge is 2.22. The SMILES string of the molecule is CC(C)OCC(O)CN1CC[C@H](O)C1. The molecule has 0 amide bonds. The summed E-state index contributed by atoms with van der Waals surface area (Å²) in [5.41, 5.74) is 0. The Hall–Kier alpha value is -0.160. The number of β-amino-alcohol motifs (C(OH)–C–C–N with tert-alkyl or cyclic N) is 2. The van der Waals surface area contributed by atoms with Crippen LogP contribution in [0.2, 0.25) is 0 Å². The lowest BCUT2D eigenvalue weighted by Gasteiger charge is -2.20. The molecule has 0 aromatic heterocycles. The van der Waals surface area contributed by atoms with Crippen molar-refractivity contribution in [3.05, 3.63) is 0 Å². The van der Waals surface area contributed by atoms with Crippen molar-refractivity contribution >= 4 is 0 Å². The summed E-state index contributed by atoms with van der Waals surface area (Å²) in [7, 11) is 0. The molecule has 0 radical (unpaired) electrons. The first kappa shape index (κ1) is 11.9. The Morgan fingerprint density at radius 2 is 2.21 bits per heavy atom. The molecule has 1 aliphatic heterocycles. The van der Waals surface area contributed by atoms with Crippen molar-refractivity contribution in [1.29, 1.82) is 0 Å². The molecule has 1 rings (SSSR count). The lowest BCUT2D eigenvalue weighted by atomic mass is 10.3. The number of rotatable bonds is 5. The third-order valence-electron chi connectivity index (χ3n) is 2.34. The van der Waals surface area contributed by atoms with Crippen LogP contribution in [0, 0.1) is 0 Å². The first-order valence-electron chi connectivity index (χ1n) is 5.28. The fourth-order valence-corrected chi connectivity index (χ4v) is 1.63. The molecular formula is C10H21NO3. The maximum atomic E-state index is 9.60. The Morgan fingerprint density at radius 3 is 2.71 bits per heavy atom. The summed E-state index contributed by atoms with van der Waals surface area (Å²) in [4.78, 5) is 2.07. The molecular weight excluding hydrogens is 182 g/mol. The first-order chi connectivity index (χ1) is 6.58. The lowest BCUT2D eigenvalue weighted by Crippen LogP contribution is -2.34. The molecule has 0 aliphatic carbocycles. The fourth-order valence-electron chi connectivity index (χ4n) is 1.63. The highest BCUT2D eigenvalue weighted by molar-refractivity contribution is 4.76. The average Bonchev–Trinajstić information content (AvgIpc) is 2.48. The molecule has 0 saturated carbocycles. The zero-order valence-electron chi connectivity index (χ0n) is 9.02. The molecule has 4 nitrogen and oxygen atoms in total. The highest BCUT2D eigenvalue weighted by Crippen LogP contribution is 2.09. The normalized spacial score (nSPS) is 25.9. The van der Waals surface area contributed by atoms with Gasteiger partial charge in [0, 0.05) is 19.6 Å². The molecule has 84 valence electrons. The second-order valence-electron chi connectivity index (χ2n) is 4.24. The Kier molecular flexibility index (Phi) is 4.81. The fraction of sp³-hybridized carbons (Fsp3) is 1.00. The van der Waals surface area contributed by atoms with E-state index in [1.807, 2.05) is 13.8 Å². The van der Waals surface area contributed by atoms with E-state index in [4.69, 9.17) is 4.74 Å². The monoisotopic (exact) mass is 203 g/mol. The zero-order chi connectivity index (χ0) is 10.6. The predicted molar refractivity (Wildman–Crippen MR) is 54.2 cm³/mol. The third-order valence-corrected chi connectivity index (χ3v) is 2.34. The van der Waals surface area contributed by atoms with Gasteiger partial charge in [0.15, 0.2) is 0 Å². The van der Waals surface area contributed by atoms with Crippen LogP contribution in [-0.2, 0) is 4.74 Å². The van der Waals surface area contributed by atoms with Crippen molar-refractivity contribution in [2.45, 2.75) is 38.6 Å². The molecule has 1 fully saturated rings. The van der Waals surface area contributed by atoms with Gasteiger partial charge in [-0.2, -0.15) is 0 Å². The Labute approximate surface area is 85.5 Å². The van der Waals surface area contributed by atoms with Gasteiger partial charge in [0.1, 0.15) is 0 Å². The highest BCUT2D eigenvalue weighted by atomic mass is 16.5. The molecule has 1 aliphatic rings. The van der Waals surface area contributed by atoms with E-state index in [0.29, 0.717) is 19.7 Å². The molecule has 0 bridgehead atoms. The molecule has 4 heteroatoms. The summed E-state index contributed by atoms with van der Waals surface area (Å²) in [5, 5.41) is 18.9. The minimum atomic E-state index is -0.442. The Morgan fingerprint density at radius 1 is 1.50 bits per heavy atom. The minimum absolute atomic E-state index is 0.161. The van der Waals surface area contributed by atoms with Crippen LogP contribution in [0.5, 0.6) is 0 Å². The third kappa shape index (κ3) is 4.37. The molecule has 1 unspecified atom stereocenters. The number of nitrogens with zero attached hydrogens (tertiary/aromatic N) is 1. The van der Waals surface area contributed by atoms with Crippen LogP contribution in [-0.4, -0.2) is 59.7 Å². The number of likely N-dealkylation sites (tertiary alicyclic amines) is 1. The van der Waals surface area contributed by atoms with Crippen LogP contribution >= 0.6 is 0 Å². The van der Waals surface area contributed by atoms with Crippen LogP contribution in [0.15, 0.2) is 0 Å². The summed E-state index contributed by atoms with van der Waals surface area (Å²) in [6.45, 7) is 6.44. The molecule has 0 aromatic carbocycles. The smallest absolute Gasteiger partial charge is 0.0900 e. The van der Waals surface area contributed by atoms with Gasteiger partial charge in [-0.05, 0) is 20.3 Å². The summed E-state index contributed by atoms with van der Waals surface area (Å²) >= 11 is 0. The van der Waals surface area contributed by atoms with E-state index in [1.54, 1.807) is 0 Å². The van der Waals surface area contributed by atoms with Gasteiger partial charge in [0.25, 0.3) is 0 Å². The predicted octanol–water partition coefficient (Wildman–Crippen LogP) is -0.161. The van der Waals surface area contributed by atoms with Gasteiger partial charge in [-0.15, -0.1) is 0 Å². The molecule has 1 saturated heterocycles. The zero-order valence-corrected chi connectivity index (χ0v) is 9.02. The van der Waals surface area contributed by atoms with Gasteiger partial charge in [-0.1, -0.05) is 0 Å². The van der Waals surface area contributed by atoms with E-state index in [9.17, 15) is 10.2 Å². The molecule has 0 spiro atoms. The summed E-state index contributed by atoms with van der Waals surface area (Å²) in [5.74, 6) is 0. The van der Waals surface area contributed by atoms with E-state index in [1.165, 1.54) is 0 Å². The van der Waals surface area contributed by atoms with Crippen molar-refractivity contribution < 1.29 is 14.9 Å². The standard InChI is InChI=1S/C10H21NO3/c1-8(2)14-7-10(13)6-11-4-3-9(12)5-11/h8-10,12-13H,3-7H2,1-2H3/t9-,10?/m0/s1. The lowest BCUT2D eigenvalue weighted by molar-refractivity contribution is -0.00695. The Balaban J connectivity index is 2.10. The van der Waals surface area contributed by atoms with Crippen LogP contribution in [0.3, 0.4) is 0 Å². The van der Waals surface area contributed by atoms with Crippen LogP contribution < -0.4 is 0 Å². The number of aliphatic hydroxyl groups excluding tert-OH is 2. The van der Waals surface area contributed by atoms with Gasteiger partial charge in [0.05, 0.1) is 24.9 Å². The summed E-state index contributed by atoms with van der Waals surface area (Å²) in [6.07, 6.45) is 0.322. The van der Waals surface area contributed by atoms with Crippen LogP contribution in [0.25, 0.3) is 0 Å². The van der Waals surface area contributed by atoms with Gasteiger partial charge < -0.3 is 14.9 Å². The van der Waals surface area contributed by atoms with E-state index in [2.05, 4.69) is 4.90 Å². The van der Waals surface area contributed by atoms with E-state index in [0.717, 1.165) is 13.0 Å². The largest absolute Gasteiger partial charge is 0.392 e. The van der Waals surface area contributed by atoms with Crippen molar-refractivity contribution in [3.63, 3.8) is 0 Å². The summed E-state index contributed by atoms with van der Waals surface area (Å²) < 4.78 is 5.30. The van der Waals surface area contributed by atoms with E-state index >= 15 is 0 Å². The van der Waals surface area contributed by atoms with Crippen LogP contribution in [0.4, 0.5) is 0 Å². The Bertz CT molecular complexity index is 163.